The first kappa shape index (κ1) is 11.8. The zero-order valence-electron chi connectivity index (χ0n) is 10.3. The highest BCUT2D eigenvalue weighted by molar-refractivity contribution is 5.53. The predicted octanol–water partition coefficient (Wildman–Crippen LogP) is 3.03. The standard InChI is InChI=1S/C12H21N3/c1-8(2)14-11-6-10(5)12(13-7-11)15-9(3)4/h6-9,14H,1-5H3,(H,13,15). The van der Waals surface area contributed by atoms with Gasteiger partial charge >= 0.3 is 0 Å². The molecule has 1 aromatic rings. The molecule has 0 amide bonds. The van der Waals surface area contributed by atoms with Crippen LogP contribution in [0.2, 0.25) is 0 Å². The summed E-state index contributed by atoms with van der Waals surface area (Å²) in [5, 5.41) is 6.65. The van der Waals surface area contributed by atoms with Gasteiger partial charge in [0.15, 0.2) is 0 Å². The molecule has 84 valence electrons. The smallest absolute Gasteiger partial charge is 0.129 e. The van der Waals surface area contributed by atoms with Crippen molar-refractivity contribution in [3.8, 4) is 0 Å². The fourth-order valence-electron chi connectivity index (χ4n) is 1.41. The number of nitrogens with one attached hydrogen (secondary N) is 2. The summed E-state index contributed by atoms with van der Waals surface area (Å²) in [6.07, 6.45) is 1.87. The topological polar surface area (TPSA) is 37.0 Å². The molecule has 1 aromatic heterocycles. The van der Waals surface area contributed by atoms with Gasteiger partial charge in [-0.2, -0.15) is 0 Å². The Morgan fingerprint density at radius 3 is 2.13 bits per heavy atom. The molecule has 0 spiro atoms. The van der Waals surface area contributed by atoms with E-state index >= 15 is 0 Å². The van der Waals surface area contributed by atoms with Crippen LogP contribution in [0.5, 0.6) is 0 Å². The number of hydrogen-bond acceptors (Lipinski definition) is 3. The van der Waals surface area contributed by atoms with Gasteiger partial charge in [-0.1, -0.05) is 0 Å². The average molecular weight is 207 g/mol. The van der Waals surface area contributed by atoms with E-state index < -0.39 is 0 Å². The van der Waals surface area contributed by atoms with Crippen LogP contribution in [0, 0.1) is 6.92 Å². The number of anilines is 2. The molecule has 15 heavy (non-hydrogen) atoms. The quantitative estimate of drug-likeness (QED) is 0.797. The van der Waals surface area contributed by atoms with Crippen LogP contribution >= 0.6 is 0 Å². The van der Waals surface area contributed by atoms with E-state index in [0.717, 1.165) is 11.5 Å². The van der Waals surface area contributed by atoms with Crippen molar-refractivity contribution in [1.29, 1.82) is 0 Å². The van der Waals surface area contributed by atoms with Crippen molar-refractivity contribution >= 4 is 11.5 Å². The maximum Gasteiger partial charge on any atom is 0.129 e. The van der Waals surface area contributed by atoms with E-state index in [9.17, 15) is 0 Å². The molecule has 0 aliphatic carbocycles. The molecule has 0 aromatic carbocycles. The molecule has 0 saturated carbocycles. The second-order valence-electron chi connectivity index (χ2n) is 4.49. The lowest BCUT2D eigenvalue weighted by molar-refractivity contribution is 0.880. The van der Waals surface area contributed by atoms with E-state index in [1.54, 1.807) is 0 Å². The SMILES string of the molecule is Cc1cc(NC(C)C)cnc1NC(C)C. The summed E-state index contributed by atoms with van der Waals surface area (Å²) in [6.45, 7) is 10.5. The van der Waals surface area contributed by atoms with Crippen molar-refractivity contribution in [2.24, 2.45) is 0 Å². The van der Waals surface area contributed by atoms with Crippen LogP contribution in [-0.2, 0) is 0 Å². The van der Waals surface area contributed by atoms with Gasteiger partial charge in [-0.05, 0) is 46.2 Å². The highest BCUT2D eigenvalue weighted by atomic mass is 15.0. The zero-order valence-corrected chi connectivity index (χ0v) is 10.3. The molecule has 0 unspecified atom stereocenters. The Bertz CT molecular complexity index is 319. The van der Waals surface area contributed by atoms with Crippen LogP contribution in [0.15, 0.2) is 12.3 Å². The van der Waals surface area contributed by atoms with Gasteiger partial charge in [-0.3, -0.25) is 0 Å². The number of aromatic nitrogens is 1. The van der Waals surface area contributed by atoms with Crippen LogP contribution in [0.4, 0.5) is 11.5 Å². The predicted molar refractivity (Wildman–Crippen MR) is 66.5 cm³/mol. The minimum absolute atomic E-state index is 0.417. The Morgan fingerprint density at radius 2 is 1.67 bits per heavy atom. The highest BCUT2D eigenvalue weighted by Gasteiger charge is 2.03. The molecule has 2 N–H and O–H groups in total. The molecule has 1 rings (SSSR count). The van der Waals surface area contributed by atoms with Gasteiger partial charge in [-0.25, -0.2) is 4.98 Å². The number of pyridine rings is 1. The molecule has 0 atom stereocenters. The Morgan fingerprint density at radius 1 is 1.07 bits per heavy atom. The second-order valence-corrected chi connectivity index (χ2v) is 4.49. The number of nitrogens with zero attached hydrogens (tertiary/aromatic N) is 1. The van der Waals surface area contributed by atoms with E-state index in [-0.39, 0.29) is 0 Å². The van der Waals surface area contributed by atoms with Crippen LogP contribution in [0.25, 0.3) is 0 Å². The van der Waals surface area contributed by atoms with Crippen LogP contribution in [-0.4, -0.2) is 17.1 Å². The maximum absolute atomic E-state index is 4.40. The van der Waals surface area contributed by atoms with Crippen molar-refractivity contribution in [2.45, 2.75) is 46.7 Å². The Hall–Kier alpha value is -1.25. The number of rotatable bonds is 4. The molecule has 0 radical (unpaired) electrons. The van der Waals surface area contributed by atoms with Gasteiger partial charge in [0, 0.05) is 12.1 Å². The van der Waals surface area contributed by atoms with E-state index in [4.69, 9.17) is 0 Å². The van der Waals surface area contributed by atoms with Gasteiger partial charge < -0.3 is 10.6 Å². The van der Waals surface area contributed by atoms with Gasteiger partial charge in [-0.15, -0.1) is 0 Å². The van der Waals surface area contributed by atoms with Crippen LogP contribution in [0.1, 0.15) is 33.3 Å². The van der Waals surface area contributed by atoms with Crippen molar-refractivity contribution < 1.29 is 0 Å². The summed E-state index contributed by atoms with van der Waals surface area (Å²) >= 11 is 0. The van der Waals surface area contributed by atoms with E-state index in [0.29, 0.717) is 12.1 Å². The van der Waals surface area contributed by atoms with E-state index in [2.05, 4.69) is 56.3 Å². The molecular formula is C12H21N3. The lowest BCUT2D eigenvalue weighted by atomic mass is 10.2. The van der Waals surface area contributed by atoms with Crippen LogP contribution < -0.4 is 10.6 Å². The molecule has 0 aliphatic heterocycles. The molecule has 0 fully saturated rings. The average Bonchev–Trinajstić information content (AvgIpc) is 2.08. The molecule has 1 heterocycles. The summed E-state index contributed by atoms with van der Waals surface area (Å²) < 4.78 is 0. The summed E-state index contributed by atoms with van der Waals surface area (Å²) in [7, 11) is 0. The minimum Gasteiger partial charge on any atom is -0.382 e. The van der Waals surface area contributed by atoms with E-state index in [1.807, 2.05) is 6.20 Å². The fourth-order valence-corrected chi connectivity index (χ4v) is 1.41. The first-order valence-corrected chi connectivity index (χ1v) is 5.48. The Kier molecular flexibility index (Phi) is 3.95. The van der Waals surface area contributed by atoms with Crippen molar-refractivity contribution in [3.63, 3.8) is 0 Å². The lowest BCUT2D eigenvalue weighted by Crippen LogP contribution is -2.14. The molecule has 0 saturated heterocycles. The lowest BCUT2D eigenvalue weighted by Gasteiger charge is -2.14. The largest absolute Gasteiger partial charge is 0.382 e. The second kappa shape index (κ2) is 5.01. The highest BCUT2D eigenvalue weighted by Crippen LogP contribution is 2.17. The number of aryl methyl sites for hydroxylation is 1. The third kappa shape index (κ3) is 3.78. The maximum atomic E-state index is 4.40. The minimum atomic E-state index is 0.417. The first-order valence-electron chi connectivity index (χ1n) is 5.48. The fraction of sp³-hybridized carbons (Fsp3) is 0.583. The monoisotopic (exact) mass is 207 g/mol. The van der Waals surface area contributed by atoms with Gasteiger partial charge in [0.1, 0.15) is 5.82 Å². The van der Waals surface area contributed by atoms with Gasteiger partial charge in [0.2, 0.25) is 0 Å². The Balaban J connectivity index is 2.78. The van der Waals surface area contributed by atoms with Gasteiger partial charge in [0.05, 0.1) is 11.9 Å². The normalized spacial score (nSPS) is 10.9. The third-order valence-corrected chi connectivity index (χ3v) is 1.96. The van der Waals surface area contributed by atoms with Crippen LogP contribution in [0.3, 0.4) is 0 Å². The zero-order chi connectivity index (χ0) is 11.4. The summed E-state index contributed by atoms with van der Waals surface area (Å²) in [6, 6.07) is 2.98. The first-order chi connectivity index (χ1) is 6.99. The van der Waals surface area contributed by atoms with Crippen molar-refractivity contribution in [1.82, 2.24) is 4.98 Å². The van der Waals surface area contributed by atoms with Crippen molar-refractivity contribution in [3.05, 3.63) is 17.8 Å². The molecule has 3 nitrogen and oxygen atoms in total. The van der Waals surface area contributed by atoms with E-state index in [1.165, 1.54) is 5.56 Å². The molecule has 3 heteroatoms. The summed E-state index contributed by atoms with van der Waals surface area (Å²) in [4.78, 5) is 4.40. The molecule has 0 aliphatic rings. The number of hydrogen-bond donors (Lipinski definition) is 2. The molecular weight excluding hydrogens is 186 g/mol. The third-order valence-electron chi connectivity index (χ3n) is 1.96. The van der Waals surface area contributed by atoms with Crippen molar-refractivity contribution in [2.75, 3.05) is 10.6 Å². The van der Waals surface area contributed by atoms with Gasteiger partial charge in [0.25, 0.3) is 0 Å². The molecule has 0 bridgehead atoms. The Labute approximate surface area is 92.3 Å². The summed E-state index contributed by atoms with van der Waals surface area (Å²) in [5.41, 5.74) is 2.26. The summed E-state index contributed by atoms with van der Waals surface area (Å²) in [5.74, 6) is 0.972.